The van der Waals surface area contributed by atoms with Gasteiger partial charge in [-0.25, -0.2) is 0 Å². The number of hydrogen-bond acceptors (Lipinski definition) is 2. The van der Waals surface area contributed by atoms with Gasteiger partial charge in [-0.15, -0.1) is 0 Å². The maximum atomic E-state index is 12.9. The van der Waals surface area contributed by atoms with Crippen LogP contribution < -0.4 is 5.32 Å². The number of carbonyl (C=O) groups excluding carboxylic acids is 2. The van der Waals surface area contributed by atoms with E-state index in [2.05, 4.69) is 5.32 Å². The van der Waals surface area contributed by atoms with Crippen LogP contribution in [0.2, 0.25) is 0 Å². The Kier molecular flexibility index (Phi) is 4.75. The van der Waals surface area contributed by atoms with Crippen molar-refractivity contribution in [2.45, 2.75) is 30.7 Å². The summed E-state index contributed by atoms with van der Waals surface area (Å²) in [6.45, 7) is -1.51. The van der Waals surface area contributed by atoms with E-state index in [-0.39, 0.29) is 12.8 Å². The van der Waals surface area contributed by atoms with Crippen molar-refractivity contribution in [1.82, 2.24) is 10.2 Å². The van der Waals surface area contributed by atoms with Gasteiger partial charge < -0.3 is 10.2 Å². The number of benzene rings is 1. The third-order valence-electron chi connectivity index (χ3n) is 3.75. The normalized spacial score (nSPS) is 16.3. The van der Waals surface area contributed by atoms with E-state index in [1.807, 2.05) is 0 Å². The lowest BCUT2D eigenvalue weighted by molar-refractivity contribution is -0.160. The molecule has 1 aliphatic carbocycles. The fourth-order valence-electron chi connectivity index (χ4n) is 2.44. The van der Waals surface area contributed by atoms with E-state index in [0.29, 0.717) is 11.0 Å². The van der Waals surface area contributed by atoms with Crippen molar-refractivity contribution in [3.8, 4) is 0 Å². The average Bonchev–Trinajstić information content (AvgIpc) is 3.24. The van der Waals surface area contributed by atoms with Crippen LogP contribution in [0.1, 0.15) is 28.8 Å². The SMILES string of the molecule is CN(CC(F)(F)F)C(=O)C1(NC(=O)c2ccccc2C(F)(F)F)CC1. The lowest BCUT2D eigenvalue weighted by atomic mass is 10.1. The fraction of sp³-hybridized carbons (Fsp3) is 0.467. The summed E-state index contributed by atoms with van der Waals surface area (Å²) in [4.78, 5) is 24.7. The average molecular weight is 368 g/mol. The molecule has 1 fully saturated rings. The third kappa shape index (κ3) is 4.43. The molecule has 1 saturated carbocycles. The number of nitrogens with one attached hydrogen (secondary N) is 1. The minimum Gasteiger partial charge on any atom is -0.338 e. The first kappa shape index (κ1) is 19.1. The molecule has 1 N–H and O–H groups in total. The van der Waals surface area contributed by atoms with E-state index in [4.69, 9.17) is 0 Å². The summed E-state index contributed by atoms with van der Waals surface area (Å²) in [6.07, 6.45) is -9.27. The molecule has 0 saturated heterocycles. The van der Waals surface area contributed by atoms with E-state index in [0.717, 1.165) is 19.2 Å². The number of likely N-dealkylation sites (N-methyl/N-ethyl adjacent to an activating group) is 1. The number of rotatable bonds is 4. The van der Waals surface area contributed by atoms with Gasteiger partial charge >= 0.3 is 12.4 Å². The predicted molar refractivity (Wildman–Crippen MR) is 74.6 cm³/mol. The second-order valence-electron chi connectivity index (χ2n) is 5.86. The highest BCUT2D eigenvalue weighted by Crippen LogP contribution is 2.39. The highest BCUT2D eigenvalue weighted by Gasteiger charge is 2.54. The van der Waals surface area contributed by atoms with Gasteiger partial charge in [0.25, 0.3) is 5.91 Å². The van der Waals surface area contributed by atoms with Gasteiger partial charge in [0.15, 0.2) is 0 Å². The molecule has 10 heteroatoms. The Morgan fingerprint density at radius 2 is 1.68 bits per heavy atom. The summed E-state index contributed by atoms with van der Waals surface area (Å²) in [5, 5.41) is 2.17. The molecule has 1 aliphatic rings. The molecule has 0 spiro atoms. The number of amides is 2. The summed E-state index contributed by atoms with van der Waals surface area (Å²) in [5.74, 6) is -2.14. The number of nitrogens with zero attached hydrogens (tertiary/aromatic N) is 1. The van der Waals surface area contributed by atoms with E-state index in [9.17, 15) is 35.9 Å². The molecule has 0 aliphatic heterocycles. The topological polar surface area (TPSA) is 49.4 Å². The van der Waals surface area contributed by atoms with Crippen molar-refractivity contribution in [1.29, 1.82) is 0 Å². The van der Waals surface area contributed by atoms with E-state index >= 15 is 0 Å². The first-order valence-corrected chi connectivity index (χ1v) is 7.17. The lowest BCUT2D eigenvalue weighted by Crippen LogP contribution is -2.51. The Bertz CT molecular complexity index is 679. The molecule has 25 heavy (non-hydrogen) atoms. The van der Waals surface area contributed by atoms with E-state index in [1.54, 1.807) is 0 Å². The molecule has 0 radical (unpaired) electrons. The summed E-state index contributed by atoms with van der Waals surface area (Å²) in [6, 6.07) is 3.99. The first-order valence-electron chi connectivity index (χ1n) is 7.17. The fourth-order valence-corrected chi connectivity index (χ4v) is 2.44. The molecule has 2 amide bonds. The van der Waals surface area contributed by atoms with Crippen LogP contribution in [-0.2, 0) is 11.0 Å². The summed E-state index contributed by atoms with van der Waals surface area (Å²) >= 11 is 0. The molecular formula is C15H14F6N2O2. The minimum atomic E-state index is -4.78. The highest BCUT2D eigenvalue weighted by atomic mass is 19.4. The molecule has 1 aromatic rings. The van der Waals surface area contributed by atoms with Gasteiger partial charge in [-0.1, -0.05) is 12.1 Å². The Balaban J connectivity index is 2.17. The minimum absolute atomic E-state index is 0.0634. The van der Waals surface area contributed by atoms with Crippen LogP contribution in [0.3, 0.4) is 0 Å². The quantitative estimate of drug-likeness (QED) is 0.831. The van der Waals surface area contributed by atoms with Gasteiger partial charge in [0.1, 0.15) is 12.1 Å². The molecule has 138 valence electrons. The van der Waals surface area contributed by atoms with Gasteiger partial charge in [-0.05, 0) is 25.0 Å². The Hall–Kier alpha value is -2.26. The standard InChI is InChI=1S/C15H14F6N2O2/c1-23(8-14(16,17)18)12(25)13(6-7-13)22-11(24)9-4-2-3-5-10(9)15(19,20)21/h2-5H,6-8H2,1H3,(H,22,24). The van der Waals surface area contributed by atoms with Crippen LogP contribution in [0.15, 0.2) is 24.3 Å². The molecule has 0 atom stereocenters. The monoisotopic (exact) mass is 368 g/mol. The summed E-state index contributed by atoms with van der Waals surface area (Å²) in [7, 11) is 0.922. The largest absolute Gasteiger partial charge is 0.417 e. The van der Waals surface area contributed by atoms with Gasteiger partial charge in [0.2, 0.25) is 5.91 Å². The van der Waals surface area contributed by atoms with Gasteiger partial charge in [0, 0.05) is 7.05 Å². The Morgan fingerprint density at radius 3 is 2.16 bits per heavy atom. The molecule has 0 aromatic heterocycles. The van der Waals surface area contributed by atoms with Crippen LogP contribution in [0.4, 0.5) is 26.3 Å². The van der Waals surface area contributed by atoms with Crippen molar-refractivity contribution >= 4 is 11.8 Å². The second-order valence-corrected chi connectivity index (χ2v) is 5.86. The van der Waals surface area contributed by atoms with Gasteiger partial charge in [0.05, 0.1) is 11.1 Å². The van der Waals surface area contributed by atoms with Crippen molar-refractivity contribution in [2.24, 2.45) is 0 Å². The van der Waals surface area contributed by atoms with Crippen molar-refractivity contribution in [3.63, 3.8) is 0 Å². The number of carbonyl (C=O) groups is 2. The smallest absolute Gasteiger partial charge is 0.338 e. The van der Waals surface area contributed by atoms with Crippen LogP contribution >= 0.6 is 0 Å². The number of hydrogen-bond donors (Lipinski definition) is 1. The predicted octanol–water partition coefficient (Wildman–Crippen LogP) is 2.99. The summed E-state index contributed by atoms with van der Waals surface area (Å²) in [5.41, 5.74) is -3.46. The van der Waals surface area contributed by atoms with E-state index in [1.165, 1.54) is 6.07 Å². The zero-order valence-electron chi connectivity index (χ0n) is 13.0. The van der Waals surface area contributed by atoms with Gasteiger partial charge in [-0.2, -0.15) is 26.3 Å². The van der Waals surface area contributed by atoms with Crippen LogP contribution in [-0.4, -0.2) is 42.0 Å². The second kappa shape index (κ2) is 6.23. The zero-order valence-corrected chi connectivity index (χ0v) is 13.0. The lowest BCUT2D eigenvalue weighted by Gasteiger charge is -2.25. The highest BCUT2D eigenvalue weighted by molar-refractivity contribution is 6.01. The molecular weight excluding hydrogens is 354 g/mol. The molecule has 4 nitrogen and oxygen atoms in total. The molecule has 0 bridgehead atoms. The first-order chi connectivity index (χ1) is 11.4. The van der Waals surface area contributed by atoms with Crippen molar-refractivity contribution < 1.29 is 35.9 Å². The van der Waals surface area contributed by atoms with Crippen molar-refractivity contribution in [2.75, 3.05) is 13.6 Å². The number of alkyl halides is 6. The van der Waals surface area contributed by atoms with E-state index < -0.39 is 47.4 Å². The maximum absolute atomic E-state index is 12.9. The van der Waals surface area contributed by atoms with Gasteiger partial charge in [-0.3, -0.25) is 9.59 Å². The van der Waals surface area contributed by atoms with Crippen LogP contribution in [0.5, 0.6) is 0 Å². The van der Waals surface area contributed by atoms with Crippen LogP contribution in [0.25, 0.3) is 0 Å². The number of halogens is 6. The summed E-state index contributed by atoms with van der Waals surface area (Å²) < 4.78 is 76.0. The molecule has 0 unspecified atom stereocenters. The Labute approximate surface area is 138 Å². The molecule has 1 aromatic carbocycles. The zero-order chi connectivity index (χ0) is 19.0. The third-order valence-corrected chi connectivity index (χ3v) is 3.75. The van der Waals surface area contributed by atoms with Crippen LogP contribution in [0, 0.1) is 0 Å². The maximum Gasteiger partial charge on any atom is 0.417 e. The van der Waals surface area contributed by atoms with Crippen molar-refractivity contribution in [3.05, 3.63) is 35.4 Å². The Morgan fingerprint density at radius 1 is 1.12 bits per heavy atom. The molecule has 2 rings (SSSR count). The molecule has 0 heterocycles.